The number of carbonyl (C=O) groups excluding carboxylic acids is 3. The first-order valence-corrected chi connectivity index (χ1v) is 13.9. The van der Waals surface area contributed by atoms with Crippen molar-refractivity contribution in [2.24, 2.45) is 22.2 Å². The lowest BCUT2D eigenvalue weighted by Gasteiger charge is -2.25. The molecule has 0 aliphatic carbocycles. The molecule has 13 N–H and O–H groups in total. The van der Waals surface area contributed by atoms with E-state index in [1.807, 2.05) is 24.3 Å². The minimum atomic E-state index is -1.60. The molecule has 4 unspecified atom stereocenters. The van der Waals surface area contributed by atoms with Crippen LogP contribution in [0, 0.1) is 0 Å². The van der Waals surface area contributed by atoms with Crippen LogP contribution in [0.1, 0.15) is 24.0 Å². The fourth-order valence-corrected chi connectivity index (χ4v) is 4.47. The minimum Gasteiger partial charge on any atom is -0.508 e. The Morgan fingerprint density at radius 3 is 2.11 bits per heavy atom. The van der Waals surface area contributed by atoms with Crippen molar-refractivity contribution >= 4 is 40.6 Å². The Hall–Kier alpha value is -5.15. The number of nitrogens with two attached hydrogens (primary N) is 3. The molecule has 1 aromatic heterocycles. The van der Waals surface area contributed by atoms with Crippen LogP contribution in [-0.2, 0) is 32.0 Å². The summed E-state index contributed by atoms with van der Waals surface area (Å²) in [5.74, 6) is -3.75. The van der Waals surface area contributed by atoms with Gasteiger partial charge in [-0.15, -0.1) is 0 Å². The SMILES string of the molecule is NC(N)=NCCCC(N)C(=O)NC(Cc1ccc(O)cc1)C(=O)NC(Cc1c[nH]c2ccccc12)C(=O)NC(CO)C(=O)O. The summed E-state index contributed by atoms with van der Waals surface area (Å²) in [6.07, 6.45) is 2.25. The third-order valence-electron chi connectivity index (χ3n) is 6.84. The number of aliphatic imine (C=N–C) groups is 1. The Bertz CT molecular complexity index is 1470. The van der Waals surface area contributed by atoms with Gasteiger partial charge in [-0.25, -0.2) is 4.79 Å². The van der Waals surface area contributed by atoms with Crippen LogP contribution in [0.5, 0.6) is 5.75 Å². The number of phenols is 1. The number of guanidine groups is 1. The third kappa shape index (κ3) is 9.71. The van der Waals surface area contributed by atoms with E-state index in [0.717, 1.165) is 10.9 Å². The van der Waals surface area contributed by atoms with Gasteiger partial charge in [0.05, 0.1) is 12.6 Å². The number of aliphatic hydroxyl groups excluding tert-OH is 1. The van der Waals surface area contributed by atoms with Gasteiger partial charge in [0.15, 0.2) is 5.96 Å². The summed E-state index contributed by atoms with van der Waals surface area (Å²) in [4.78, 5) is 58.4. The fraction of sp³-hybridized carbons (Fsp3) is 0.345. The molecule has 0 radical (unpaired) electrons. The second-order valence-electron chi connectivity index (χ2n) is 10.2. The number of benzene rings is 2. The van der Waals surface area contributed by atoms with Gasteiger partial charge in [0.2, 0.25) is 17.7 Å². The van der Waals surface area contributed by atoms with Gasteiger partial charge >= 0.3 is 5.97 Å². The summed E-state index contributed by atoms with van der Waals surface area (Å²) in [5.41, 5.74) is 18.7. The van der Waals surface area contributed by atoms with Crippen molar-refractivity contribution in [1.29, 1.82) is 0 Å². The molecule has 0 saturated carbocycles. The summed E-state index contributed by atoms with van der Waals surface area (Å²) in [6, 6.07) is 8.21. The van der Waals surface area contributed by atoms with Crippen molar-refractivity contribution in [3.63, 3.8) is 0 Å². The highest BCUT2D eigenvalue weighted by atomic mass is 16.4. The van der Waals surface area contributed by atoms with E-state index in [1.54, 1.807) is 18.3 Å². The van der Waals surface area contributed by atoms with Crippen LogP contribution in [-0.4, -0.2) is 87.3 Å². The molecule has 236 valence electrons. The second-order valence-corrected chi connectivity index (χ2v) is 10.2. The van der Waals surface area contributed by atoms with Crippen molar-refractivity contribution in [1.82, 2.24) is 20.9 Å². The number of nitrogens with zero attached hydrogens (tertiary/aromatic N) is 1. The molecule has 4 atom stereocenters. The number of fused-ring (bicyclic) bond motifs is 1. The molecule has 0 bridgehead atoms. The summed E-state index contributed by atoms with van der Waals surface area (Å²) < 4.78 is 0. The maximum Gasteiger partial charge on any atom is 0.328 e. The lowest BCUT2D eigenvalue weighted by atomic mass is 10.0. The number of aromatic hydroxyl groups is 1. The number of phenolic OH excluding ortho intramolecular Hbond substituents is 1. The van der Waals surface area contributed by atoms with Crippen LogP contribution in [0.4, 0.5) is 0 Å². The number of hydrogen-bond acceptors (Lipinski definition) is 8. The molecule has 0 spiro atoms. The van der Waals surface area contributed by atoms with Gasteiger partial charge in [0.1, 0.15) is 23.9 Å². The highest BCUT2D eigenvalue weighted by Gasteiger charge is 2.31. The van der Waals surface area contributed by atoms with Gasteiger partial charge in [0, 0.05) is 36.5 Å². The highest BCUT2D eigenvalue weighted by Crippen LogP contribution is 2.19. The smallest absolute Gasteiger partial charge is 0.328 e. The highest BCUT2D eigenvalue weighted by molar-refractivity contribution is 5.95. The van der Waals surface area contributed by atoms with E-state index in [2.05, 4.69) is 25.9 Å². The standard InChI is InChI=1S/C29H38N8O7/c30-20(5-3-11-33-29(31)32)25(40)35-22(12-16-7-9-18(39)10-8-16)26(41)36-23(27(42)37-24(15-38)28(43)44)13-17-14-34-21-6-2-1-4-19(17)21/h1-2,4,6-10,14,20,22-24,34,38-39H,3,5,11-13,15,30H2,(H,35,40)(H,36,41)(H,37,42)(H,43,44)(H4,31,32,33). The number of amides is 3. The number of hydrogen-bond donors (Lipinski definition) is 10. The molecule has 3 rings (SSSR count). The molecule has 3 aromatic rings. The van der Waals surface area contributed by atoms with Crippen molar-refractivity contribution < 1.29 is 34.5 Å². The van der Waals surface area contributed by atoms with Crippen LogP contribution in [0.25, 0.3) is 10.9 Å². The van der Waals surface area contributed by atoms with E-state index in [9.17, 15) is 34.5 Å². The first-order chi connectivity index (χ1) is 21.0. The van der Waals surface area contributed by atoms with Crippen LogP contribution >= 0.6 is 0 Å². The Labute approximate surface area is 252 Å². The zero-order valence-corrected chi connectivity index (χ0v) is 23.9. The number of aromatic amines is 1. The Balaban J connectivity index is 1.85. The number of carboxylic acid groups (broad SMARTS) is 1. The molecular formula is C29H38N8O7. The average molecular weight is 611 g/mol. The average Bonchev–Trinajstić information content (AvgIpc) is 3.40. The second kappa shape index (κ2) is 15.9. The molecule has 0 fully saturated rings. The van der Waals surface area contributed by atoms with Gasteiger partial charge < -0.3 is 53.5 Å². The number of rotatable bonds is 16. The van der Waals surface area contributed by atoms with E-state index in [4.69, 9.17) is 17.2 Å². The number of aliphatic carboxylic acids is 1. The predicted octanol–water partition coefficient (Wildman–Crippen LogP) is -1.43. The molecule has 44 heavy (non-hydrogen) atoms. The largest absolute Gasteiger partial charge is 0.508 e. The predicted molar refractivity (Wildman–Crippen MR) is 162 cm³/mol. The minimum absolute atomic E-state index is 0.00826. The Morgan fingerprint density at radius 2 is 1.48 bits per heavy atom. The van der Waals surface area contributed by atoms with Gasteiger partial charge in [0.25, 0.3) is 0 Å². The van der Waals surface area contributed by atoms with E-state index in [1.165, 1.54) is 12.1 Å². The molecule has 0 aliphatic heterocycles. The van der Waals surface area contributed by atoms with Crippen molar-refractivity contribution in [3.8, 4) is 5.75 Å². The molecule has 3 amide bonds. The topological polar surface area (TPSA) is 271 Å². The number of carboxylic acids is 1. The van der Waals surface area contributed by atoms with Crippen LogP contribution in [0.15, 0.2) is 59.7 Å². The fourth-order valence-electron chi connectivity index (χ4n) is 4.47. The van der Waals surface area contributed by atoms with Crippen LogP contribution in [0.3, 0.4) is 0 Å². The zero-order chi connectivity index (χ0) is 32.2. The van der Waals surface area contributed by atoms with E-state index >= 15 is 0 Å². The van der Waals surface area contributed by atoms with Crippen LogP contribution < -0.4 is 33.2 Å². The van der Waals surface area contributed by atoms with Crippen molar-refractivity contribution in [2.75, 3.05) is 13.2 Å². The summed E-state index contributed by atoms with van der Waals surface area (Å²) >= 11 is 0. The van der Waals surface area contributed by atoms with Crippen molar-refractivity contribution in [3.05, 3.63) is 65.9 Å². The number of aromatic nitrogens is 1. The summed E-state index contributed by atoms with van der Waals surface area (Å²) in [7, 11) is 0. The summed E-state index contributed by atoms with van der Waals surface area (Å²) in [5, 5.41) is 36.8. The van der Waals surface area contributed by atoms with Crippen molar-refractivity contribution in [2.45, 2.75) is 49.9 Å². The van der Waals surface area contributed by atoms with E-state index in [-0.39, 0.29) is 37.5 Å². The van der Waals surface area contributed by atoms with E-state index < -0.39 is 54.5 Å². The molecule has 15 nitrogen and oxygen atoms in total. The molecule has 0 saturated heterocycles. The normalized spacial score (nSPS) is 13.7. The van der Waals surface area contributed by atoms with Gasteiger partial charge in [-0.2, -0.15) is 0 Å². The molecule has 2 aromatic carbocycles. The van der Waals surface area contributed by atoms with Crippen LogP contribution in [0.2, 0.25) is 0 Å². The first-order valence-electron chi connectivity index (χ1n) is 13.9. The Kier molecular flexibility index (Phi) is 12.1. The lowest BCUT2D eigenvalue weighted by molar-refractivity contribution is -0.143. The number of aliphatic hydroxyl groups is 1. The Morgan fingerprint density at radius 1 is 0.864 bits per heavy atom. The quantitative estimate of drug-likeness (QED) is 0.0513. The maximum atomic E-state index is 13.7. The number of carbonyl (C=O) groups is 4. The van der Waals surface area contributed by atoms with E-state index in [0.29, 0.717) is 17.5 Å². The molecular weight excluding hydrogens is 572 g/mol. The zero-order valence-electron chi connectivity index (χ0n) is 23.9. The monoisotopic (exact) mass is 610 g/mol. The third-order valence-corrected chi connectivity index (χ3v) is 6.84. The summed E-state index contributed by atoms with van der Waals surface area (Å²) in [6.45, 7) is -0.605. The maximum absolute atomic E-state index is 13.7. The molecule has 0 aliphatic rings. The first kappa shape index (κ1) is 33.4. The van der Waals surface area contributed by atoms with Gasteiger partial charge in [-0.1, -0.05) is 30.3 Å². The number of nitrogens with one attached hydrogen (secondary N) is 4. The number of H-pyrrole nitrogens is 1. The van der Waals surface area contributed by atoms with Gasteiger partial charge in [-0.05, 0) is 42.2 Å². The van der Waals surface area contributed by atoms with Gasteiger partial charge in [-0.3, -0.25) is 19.4 Å². The lowest BCUT2D eigenvalue weighted by Crippen LogP contribution is -2.58. The molecule has 15 heteroatoms. The molecule has 1 heterocycles. The number of para-hydroxylation sites is 1.